The van der Waals surface area contributed by atoms with E-state index in [1.54, 1.807) is 11.9 Å². The second-order valence-corrected chi connectivity index (χ2v) is 3.49. The van der Waals surface area contributed by atoms with Crippen molar-refractivity contribution in [3.63, 3.8) is 0 Å². The molecule has 14 heavy (non-hydrogen) atoms. The lowest BCUT2D eigenvalue weighted by atomic mass is 10.2. The summed E-state index contributed by atoms with van der Waals surface area (Å²) in [7, 11) is 0. The number of carboxylic acid groups (broad SMARTS) is 1. The van der Waals surface area contributed by atoms with E-state index in [1.807, 2.05) is 12.3 Å². The molecule has 3 nitrogen and oxygen atoms in total. The fourth-order valence-corrected chi connectivity index (χ4v) is 1.60. The van der Waals surface area contributed by atoms with Crippen LogP contribution in [0.15, 0.2) is 35.4 Å². The molecule has 0 atom stereocenters. The van der Waals surface area contributed by atoms with Crippen molar-refractivity contribution in [2.24, 2.45) is 0 Å². The van der Waals surface area contributed by atoms with E-state index in [2.05, 4.69) is 29.0 Å². The van der Waals surface area contributed by atoms with Crippen molar-refractivity contribution in [2.45, 2.75) is 11.8 Å². The summed E-state index contributed by atoms with van der Waals surface area (Å²) in [4.78, 5) is 10.3. The average molecular weight is 209 g/mol. The lowest BCUT2D eigenvalue weighted by Gasteiger charge is -2.08. The molecule has 0 saturated heterocycles. The smallest absolute Gasteiger partial charge is 0.300 e. The molecule has 74 valence electrons. The monoisotopic (exact) mass is 209 g/mol. The van der Waals surface area contributed by atoms with Crippen molar-refractivity contribution in [3.8, 4) is 0 Å². The number of nitrogens with one attached hydrogen (secondary N) is 1. The van der Waals surface area contributed by atoms with E-state index in [-0.39, 0.29) is 0 Å². The van der Waals surface area contributed by atoms with Crippen molar-refractivity contribution < 1.29 is 9.90 Å². The summed E-state index contributed by atoms with van der Waals surface area (Å²) < 4.78 is 3.08. The van der Waals surface area contributed by atoms with Crippen molar-refractivity contribution in [3.05, 3.63) is 36.0 Å². The van der Waals surface area contributed by atoms with Crippen LogP contribution in [0.4, 0.5) is 0 Å². The van der Waals surface area contributed by atoms with Gasteiger partial charge in [0.1, 0.15) is 0 Å². The van der Waals surface area contributed by atoms with Crippen LogP contribution in [0.1, 0.15) is 12.5 Å². The molecule has 0 bridgehead atoms. The molecule has 0 aromatic heterocycles. The van der Waals surface area contributed by atoms with Gasteiger partial charge in [0.05, 0.1) is 0 Å². The van der Waals surface area contributed by atoms with Gasteiger partial charge in [0, 0.05) is 18.0 Å². The third-order valence-corrected chi connectivity index (χ3v) is 2.26. The van der Waals surface area contributed by atoms with Crippen LogP contribution in [-0.4, -0.2) is 11.1 Å². The Kier molecular flexibility index (Phi) is 4.07. The Bertz CT molecular complexity index is 346. The Morgan fingerprint density at radius 1 is 1.43 bits per heavy atom. The molecular weight excluding hydrogens is 198 g/mol. The van der Waals surface area contributed by atoms with E-state index >= 15 is 0 Å². The van der Waals surface area contributed by atoms with Gasteiger partial charge in [-0.3, -0.25) is 4.79 Å². The van der Waals surface area contributed by atoms with Crippen LogP contribution in [0.25, 0.3) is 6.08 Å². The molecule has 2 N–H and O–H groups in total. The zero-order valence-corrected chi connectivity index (χ0v) is 8.54. The van der Waals surface area contributed by atoms with Gasteiger partial charge in [-0.15, -0.1) is 0 Å². The van der Waals surface area contributed by atoms with E-state index in [0.717, 1.165) is 6.92 Å². The Hall–Kier alpha value is -1.42. The quantitative estimate of drug-likeness (QED) is 0.644. The molecule has 1 aromatic rings. The average Bonchev–Trinajstić information content (AvgIpc) is 2.17. The summed E-state index contributed by atoms with van der Waals surface area (Å²) in [6.45, 7) is 1.08. The van der Waals surface area contributed by atoms with Gasteiger partial charge in [0.25, 0.3) is 5.97 Å². The molecule has 1 aromatic carbocycles. The number of benzene rings is 1. The SMILES string of the molecule is C1=Cc2ccccc2SN1.CC(=O)O. The van der Waals surface area contributed by atoms with Crippen LogP contribution in [-0.2, 0) is 4.79 Å². The van der Waals surface area contributed by atoms with E-state index in [0.29, 0.717) is 0 Å². The molecule has 0 radical (unpaired) electrons. The molecule has 0 unspecified atom stereocenters. The number of carbonyl (C=O) groups is 1. The maximum Gasteiger partial charge on any atom is 0.300 e. The molecule has 0 aliphatic carbocycles. The van der Waals surface area contributed by atoms with Crippen molar-refractivity contribution in [1.82, 2.24) is 4.72 Å². The third-order valence-electron chi connectivity index (χ3n) is 1.42. The summed E-state index contributed by atoms with van der Waals surface area (Å²) in [6, 6.07) is 8.32. The summed E-state index contributed by atoms with van der Waals surface area (Å²) >= 11 is 1.65. The van der Waals surface area contributed by atoms with Gasteiger partial charge in [-0.1, -0.05) is 18.2 Å². The van der Waals surface area contributed by atoms with Crippen LogP contribution in [0.5, 0.6) is 0 Å². The van der Waals surface area contributed by atoms with Crippen LogP contribution in [0.3, 0.4) is 0 Å². The normalized spacial score (nSPS) is 11.8. The number of hydrogen-bond donors (Lipinski definition) is 2. The van der Waals surface area contributed by atoms with Crippen LogP contribution in [0, 0.1) is 0 Å². The lowest BCUT2D eigenvalue weighted by molar-refractivity contribution is -0.134. The Balaban J connectivity index is 0.000000213. The summed E-state index contributed by atoms with van der Waals surface area (Å²) in [5.74, 6) is -0.833. The molecule has 1 aliphatic rings. The predicted molar refractivity (Wildman–Crippen MR) is 57.8 cm³/mol. The lowest BCUT2D eigenvalue weighted by Crippen LogP contribution is -1.96. The molecule has 0 amide bonds. The predicted octanol–water partition coefficient (Wildman–Crippen LogP) is 2.36. The van der Waals surface area contributed by atoms with Gasteiger partial charge in [0.2, 0.25) is 0 Å². The molecular formula is C10H11NO2S. The highest BCUT2D eigenvalue weighted by atomic mass is 32.2. The number of fused-ring (bicyclic) bond motifs is 1. The van der Waals surface area contributed by atoms with Crippen LogP contribution in [0.2, 0.25) is 0 Å². The molecule has 4 heteroatoms. The zero-order valence-electron chi connectivity index (χ0n) is 7.73. The van der Waals surface area contributed by atoms with Crippen molar-refractivity contribution in [2.75, 3.05) is 0 Å². The van der Waals surface area contributed by atoms with Gasteiger partial charge in [0.15, 0.2) is 0 Å². The largest absolute Gasteiger partial charge is 0.481 e. The fraction of sp³-hybridized carbons (Fsp3) is 0.100. The highest BCUT2D eigenvalue weighted by Crippen LogP contribution is 2.23. The van der Waals surface area contributed by atoms with Gasteiger partial charge in [-0.05, 0) is 29.7 Å². The molecule has 0 fully saturated rings. The maximum atomic E-state index is 9.00. The first kappa shape index (κ1) is 10.7. The first-order valence-corrected chi connectivity index (χ1v) is 4.89. The zero-order chi connectivity index (χ0) is 10.4. The van der Waals surface area contributed by atoms with Crippen molar-refractivity contribution >= 4 is 24.0 Å². The third kappa shape index (κ3) is 3.53. The Labute approximate surface area is 87.0 Å². The highest BCUT2D eigenvalue weighted by Gasteiger charge is 2.00. The number of carboxylic acids is 1. The van der Waals surface area contributed by atoms with E-state index in [1.165, 1.54) is 10.5 Å². The summed E-state index contributed by atoms with van der Waals surface area (Å²) in [5.41, 5.74) is 1.30. The van der Waals surface area contributed by atoms with Crippen LogP contribution >= 0.6 is 11.9 Å². The first-order chi connectivity index (χ1) is 6.70. The minimum Gasteiger partial charge on any atom is -0.481 e. The van der Waals surface area contributed by atoms with Crippen molar-refractivity contribution in [1.29, 1.82) is 0 Å². The Morgan fingerprint density at radius 2 is 2.07 bits per heavy atom. The number of hydrogen-bond acceptors (Lipinski definition) is 3. The number of rotatable bonds is 0. The molecule has 1 heterocycles. The second kappa shape index (κ2) is 5.34. The fourth-order valence-electron chi connectivity index (χ4n) is 0.932. The minimum absolute atomic E-state index is 0.833. The number of aliphatic carboxylic acids is 1. The maximum absolute atomic E-state index is 9.00. The van der Waals surface area contributed by atoms with E-state index in [9.17, 15) is 0 Å². The van der Waals surface area contributed by atoms with E-state index < -0.39 is 5.97 Å². The second-order valence-electron chi connectivity index (χ2n) is 2.61. The van der Waals surface area contributed by atoms with Crippen LogP contribution < -0.4 is 4.72 Å². The van der Waals surface area contributed by atoms with Gasteiger partial charge >= 0.3 is 0 Å². The van der Waals surface area contributed by atoms with Gasteiger partial charge in [-0.25, -0.2) is 0 Å². The summed E-state index contributed by atoms with van der Waals surface area (Å²) in [6.07, 6.45) is 4.03. The van der Waals surface area contributed by atoms with Gasteiger partial charge < -0.3 is 9.83 Å². The van der Waals surface area contributed by atoms with Gasteiger partial charge in [-0.2, -0.15) is 0 Å². The van der Waals surface area contributed by atoms with E-state index in [4.69, 9.17) is 9.90 Å². The molecule has 0 saturated carbocycles. The topological polar surface area (TPSA) is 49.3 Å². The molecule has 1 aliphatic heterocycles. The standard InChI is InChI=1S/C8H7NS.C2H4O2/c1-2-4-8-7(3-1)5-6-9-10-8;1-2(3)4/h1-6,9H;1H3,(H,3,4). The highest BCUT2D eigenvalue weighted by molar-refractivity contribution is 7.97. The first-order valence-electron chi connectivity index (χ1n) is 4.07. The minimum atomic E-state index is -0.833. The molecule has 2 rings (SSSR count). The molecule has 0 spiro atoms. The summed E-state index contributed by atoms with van der Waals surface area (Å²) in [5, 5.41) is 7.42. The Morgan fingerprint density at radius 3 is 2.71 bits per heavy atom.